The minimum atomic E-state index is -5.54. The highest BCUT2D eigenvalue weighted by Crippen LogP contribution is 2.61. The normalized spacial score (nSPS) is 22.0. The van der Waals surface area contributed by atoms with Gasteiger partial charge in [0.15, 0.2) is 17.7 Å². The zero-order valence-corrected chi connectivity index (χ0v) is 30.3. The van der Waals surface area contributed by atoms with Crippen LogP contribution in [0.5, 0.6) is 0 Å². The molecule has 51 heavy (non-hydrogen) atoms. The lowest BCUT2D eigenvalue weighted by molar-refractivity contribution is -0.137. The molecular formula is C21H42N7O19P3S. The highest BCUT2D eigenvalue weighted by molar-refractivity contribution is 7.80. The maximum Gasteiger partial charge on any atom is 0.481 e. The highest BCUT2D eigenvalue weighted by atomic mass is 32.1. The standard InChI is InChI=1S/C21H36N7O16P3S.3H2O/c1-21(2,16(31)19(32)24-4-3-12(29)23-5-6-48)8-41-47(38,39)44-46(36,37)40-7-11-15(43-45(33,34)35)14(30)20(42-11)28-10-27-13-17(22)25-9-26-18(13)28;;;/h9-11,14-16,20,30-31,48H,3-8H2,1-2H3,(H,23,29)(H,24,32)(H,36,37)(H,38,39)(H2,22,25,26)(H2,33,34,35);3*1H2/t11-,14-,15-,16?,20-;;;/m1.../s1. The van der Waals surface area contributed by atoms with Gasteiger partial charge in [0.2, 0.25) is 11.8 Å². The number of amides is 2. The Bertz CT molecular complexity index is 1600. The maximum absolute atomic E-state index is 12.6. The van der Waals surface area contributed by atoms with Crippen LogP contribution in [0, 0.1) is 5.41 Å². The number of carbonyl (C=O) groups is 2. The first-order valence-corrected chi connectivity index (χ1v) is 18.8. The van der Waals surface area contributed by atoms with Crippen LogP contribution in [0.2, 0.25) is 0 Å². The number of phosphoric acid groups is 3. The molecule has 2 amide bonds. The number of ether oxygens (including phenoxy) is 1. The molecule has 0 bridgehead atoms. The summed E-state index contributed by atoms with van der Waals surface area (Å²) in [6, 6.07) is 0. The average Bonchev–Trinajstić information content (AvgIpc) is 3.54. The molecule has 0 aromatic carbocycles. The Morgan fingerprint density at radius 1 is 1.06 bits per heavy atom. The maximum atomic E-state index is 12.6. The summed E-state index contributed by atoms with van der Waals surface area (Å²) in [5.41, 5.74) is 4.30. The molecule has 0 spiro atoms. The van der Waals surface area contributed by atoms with E-state index < -0.39 is 78.6 Å². The van der Waals surface area contributed by atoms with Crippen LogP contribution in [0.1, 0.15) is 26.5 Å². The number of nitrogens with zero attached hydrogens (tertiary/aromatic N) is 4. The Morgan fingerprint density at radius 2 is 1.69 bits per heavy atom. The molecule has 1 saturated heterocycles. The van der Waals surface area contributed by atoms with Gasteiger partial charge in [0.05, 0.1) is 19.5 Å². The van der Waals surface area contributed by atoms with Gasteiger partial charge in [0.1, 0.15) is 36.3 Å². The molecule has 0 saturated carbocycles. The van der Waals surface area contributed by atoms with E-state index in [1.165, 1.54) is 13.8 Å². The number of thiol groups is 1. The van der Waals surface area contributed by atoms with Crippen LogP contribution in [0.3, 0.4) is 0 Å². The van der Waals surface area contributed by atoms with Gasteiger partial charge in [-0.15, -0.1) is 0 Å². The largest absolute Gasteiger partial charge is 0.481 e. The van der Waals surface area contributed by atoms with Crippen molar-refractivity contribution in [3.8, 4) is 0 Å². The molecule has 3 rings (SSSR count). The Hall–Kier alpha value is -2.23. The lowest BCUT2D eigenvalue weighted by Crippen LogP contribution is -2.46. The third-order valence-corrected chi connectivity index (χ3v) is 9.83. The van der Waals surface area contributed by atoms with Gasteiger partial charge in [0.25, 0.3) is 0 Å². The van der Waals surface area contributed by atoms with Gasteiger partial charge in [0, 0.05) is 30.7 Å². The average molecular weight is 822 g/mol. The Labute approximate surface area is 293 Å². The van der Waals surface area contributed by atoms with Gasteiger partial charge in [-0.1, -0.05) is 13.8 Å². The number of anilines is 1. The number of fused-ring (bicyclic) bond motifs is 1. The summed E-state index contributed by atoms with van der Waals surface area (Å²) in [6.07, 6.45) is -6.74. The summed E-state index contributed by atoms with van der Waals surface area (Å²) in [7, 11) is -16.3. The SMILES string of the molecule is CC(C)(COP(=O)(O)OP(=O)(O)OC[C@H]1O[C@@H](n2cnc3c(N)ncnc32)[C@H](O)[C@@H]1OP(=O)(O)O)C(O)C(=O)NCCC(=O)NCCS.O.O.O. The molecule has 16 N–H and O–H groups in total. The molecule has 0 radical (unpaired) electrons. The summed E-state index contributed by atoms with van der Waals surface area (Å²) < 4.78 is 61.7. The molecule has 3 heterocycles. The highest BCUT2D eigenvalue weighted by Gasteiger charge is 2.50. The Morgan fingerprint density at radius 3 is 2.29 bits per heavy atom. The van der Waals surface area contributed by atoms with Crippen LogP contribution in [0.15, 0.2) is 12.7 Å². The fraction of sp³-hybridized carbons (Fsp3) is 0.667. The van der Waals surface area contributed by atoms with Crippen LogP contribution in [0.25, 0.3) is 11.2 Å². The number of aromatic nitrogens is 4. The molecule has 3 unspecified atom stereocenters. The second-order valence-corrected chi connectivity index (χ2v) is 15.5. The van der Waals surface area contributed by atoms with E-state index in [9.17, 15) is 53.1 Å². The number of carbonyl (C=O) groups excluding carboxylic acids is 2. The van der Waals surface area contributed by atoms with Crippen molar-refractivity contribution in [2.45, 2.75) is 50.9 Å². The van der Waals surface area contributed by atoms with Gasteiger partial charge in [-0.3, -0.25) is 27.7 Å². The van der Waals surface area contributed by atoms with E-state index in [4.69, 9.17) is 19.5 Å². The number of hydrogen-bond donors (Lipinski definition) is 10. The van der Waals surface area contributed by atoms with Gasteiger partial charge >= 0.3 is 23.5 Å². The van der Waals surface area contributed by atoms with Gasteiger partial charge in [-0.25, -0.2) is 28.6 Å². The Balaban J connectivity index is 0.00000833. The fourth-order valence-corrected chi connectivity index (χ4v) is 7.08. The first kappa shape index (κ1) is 48.8. The second-order valence-electron chi connectivity index (χ2n) is 10.8. The number of nitrogens with two attached hydrogens (primary N) is 1. The summed E-state index contributed by atoms with van der Waals surface area (Å²) >= 11 is 3.95. The zero-order valence-electron chi connectivity index (χ0n) is 26.7. The molecule has 30 heteroatoms. The summed E-state index contributed by atoms with van der Waals surface area (Å²) in [4.78, 5) is 74.6. The van der Waals surface area contributed by atoms with Crippen molar-refractivity contribution < 1.29 is 92.1 Å². The minimum absolute atomic E-state index is 0. The number of phosphoric ester groups is 3. The molecule has 296 valence electrons. The molecular weight excluding hydrogens is 779 g/mol. The minimum Gasteiger partial charge on any atom is -0.412 e. The van der Waals surface area contributed by atoms with Crippen molar-refractivity contribution in [3.05, 3.63) is 12.7 Å². The number of hydrogen-bond acceptors (Lipinski definition) is 17. The Kier molecular flexibility index (Phi) is 18.9. The predicted octanol–water partition coefficient (Wildman–Crippen LogP) is -4.14. The van der Waals surface area contributed by atoms with E-state index in [1.54, 1.807) is 0 Å². The number of rotatable bonds is 18. The molecule has 1 aliphatic rings. The van der Waals surface area contributed by atoms with Gasteiger partial charge < -0.3 is 67.3 Å². The number of aliphatic hydroxyl groups is 2. The molecule has 0 aliphatic carbocycles. The zero-order chi connectivity index (χ0) is 36.1. The number of nitrogens with one attached hydrogen (secondary N) is 2. The lowest BCUT2D eigenvalue weighted by atomic mass is 9.87. The molecule has 2 aromatic heterocycles. The van der Waals surface area contributed by atoms with Crippen LogP contribution < -0.4 is 16.4 Å². The van der Waals surface area contributed by atoms with E-state index in [-0.39, 0.29) is 52.3 Å². The first-order valence-electron chi connectivity index (χ1n) is 13.7. The smallest absolute Gasteiger partial charge is 0.412 e. The van der Waals surface area contributed by atoms with E-state index in [1.807, 2.05) is 0 Å². The number of nitrogen functional groups attached to an aromatic ring is 1. The predicted molar refractivity (Wildman–Crippen MR) is 174 cm³/mol. The topological polar surface area (TPSA) is 441 Å². The summed E-state index contributed by atoms with van der Waals surface area (Å²) in [5, 5.41) is 26.1. The second kappa shape index (κ2) is 19.7. The van der Waals surface area contributed by atoms with Crippen LogP contribution in [0.4, 0.5) is 5.82 Å². The molecule has 7 atom stereocenters. The first-order chi connectivity index (χ1) is 22.2. The monoisotopic (exact) mass is 821 g/mol. The van der Waals surface area contributed by atoms with E-state index in [0.717, 1.165) is 17.2 Å². The van der Waals surface area contributed by atoms with Gasteiger partial charge in [-0.2, -0.15) is 16.9 Å². The number of imidazole rings is 1. The van der Waals surface area contributed by atoms with Crippen LogP contribution in [-0.4, -0.2) is 134 Å². The van der Waals surface area contributed by atoms with Crippen molar-refractivity contribution >= 4 is 64.9 Å². The van der Waals surface area contributed by atoms with E-state index in [2.05, 4.69) is 47.0 Å². The molecule has 2 aromatic rings. The summed E-state index contributed by atoms with van der Waals surface area (Å²) in [6.45, 7) is 0.723. The van der Waals surface area contributed by atoms with Crippen molar-refractivity contribution in [1.29, 1.82) is 0 Å². The molecule has 26 nitrogen and oxygen atoms in total. The van der Waals surface area contributed by atoms with Crippen molar-refractivity contribution in [3.63, 3.8) is 0 Å². The van der Waals surface area contributed by atoms with Gasteiger partial charge in [-0.05, 0) is 0 Å². The van der Waals surface area contributed by atoms with Crippen molar-refractivity contribution in [1.82, 2.24) is 30.2 Å². The van der Waals surface area contributed by atoms with E-state index in [0.29, 0.717) is 12.3 Å². The third kappa shape index (κ3) is 13.9. The van der Waals surface area contributed by atoms with Crippen molar-refractivity contribution in [2.75, 3.05) is 37.8 Å². The molecule has 1 fully saturated rings. The van der Waals surface area contributed by atoms with Crippen molar-refractivity contribution in [2.24, 2.45) is 5.41 Å². The fourth-order valence-electron chi connectivity index (χ4n) is 4.14. The number of aliphatic hydroxyl groups excluding tert-OH is 2. The quantitative estimate of drug-likeness (QED) is 0.0504. The van der Waals surface area contributed by atoms with E-state index >= 15 is 0 Å². The summed E-state index contributed by atoms with van der Waals surface area (Å²) in [5.74, 6) is -0.943. The molecule has 1 aliphatic heterocycles. The third-order valence-electron chi connectivity index (χ3n) is 6.51. The van der Waals surface area contributed by atoms with Crippen LogP contribution >= 0.6 is 36.1 Å². The van der Waals surface area contributed by atoms with Crippen LogP contribution in [-0.2, 0) is 45.9 Å². The lowest BCUT2D eigenvalue weighted by Gasteiger charge is -2.30.